The standard InChI is InChI=1S/C13H14N4O2S/c1-8-2-4-9(5-3-8)16-13-17-10(7-20-13)12(19)15-6-11(14)18/h2-5,7H,6H2,1H3,(H2,14,18)(H,15,19)(H,16,17). The Kier molecular flexibility index (Phi) is 4.31. The lowest BCUT2D eigenvalue weighted by Gasteiger charge is -2.02. The fourth-order valence-corrected chi connectivity index (χ4v) is 2.16. The zero-order chi connectivity index (χ0) is 14.5. The minimum Gasteiger partial charge on any atom is -0.368 e. The number of anilines is 2. The molecule has 0 fully saturated rings. The van der Waals surface area contributed by atoms with E-state index in [0.717, 1.165) is 5.69 Å². The molecule has 2 rings (SSSR count). The molecule has 0 atom stereocenters. The van der Waals surface area contributed by atoms with Gasteiger partial charge >= 0.3 is 0 Å². The molecule has 1 aromatic carbocycles. The number of nitrogens with zero attached hydrogens (tertiary/aromatic N) is 1. The van der Waals surface area contributed by atoms with E-state index < -0.39 is 11.8 Å². The smallest absolute Gasteiger partial charge is 0.271 e. The van der Waals surface area contributed by atoms with Crippen molar-refractivity contribution < 1.29 is 9.59 Å². The third kappa shape index (κ3) is 3.79. The Morgan fingerprint density at radius 2 is 2.00 bits per heavy atom. The average molecular weight is 290 g/mol. The number of carbonyl (C=O) groups is 2. The first kappa shape index (κ1) is 14.0. The van der Waals surface area contributed by atoms with Crippen LogP contribution in [-0.2, 0) is 4.79 Å². The van der Waals surface area contributed by atoms with Crippen molar-refractivity contribution in [1.29, 1.82) is 0 Å². The van der Waals surface area contributed by atoms with Crippen LogP contribution in [0, 0.1) is 6.92 Å². The van der Waals surface area contributed by atoms with Gasteiger partial charge in [0.05, 0.1) is 6.54 Å². The number of carbonyl (C=O) groups excluding carboxylic acids is 2. The maximum Gasteiger partial charge on any atom is 0.271 e. The van der Waals surface area contributed by atoms with Gasteiger partial charge in [0, 0.05) is 11.1 Å². The predicted molar refractivity (Wildman–Crippen MR) is 78.1 cm³/mol. The van der Waals surface area contributed by atoms with Gasteiger partial charge < -0.3 is 16.4 Å². The van der Waals surface area contributed by atoms with E-state index in [1.54, 1.807) is 5.38 Å². The van der Waals surface area contributed by atoms with Crippen LogP contribution in [0.2, 0.25) is 0 Å². The van der Waals surface area contributed by atoms with Gasteiger partial charge in [-0.2, -0.15) is 0 Å². The number of aromatic nitrogens is 1. The summed E-state index contributed by atoms with van der Waals surface area (Å²) in [7, 11) is 0. The fourth-order valence-electron chi connectivity index (χ4n) is 1.45. The third-order valence-corrected chi connectivity index (χ3v) is 3.22. The second-order valence-electron chi connectivity index (χ2n) is 4.18. The van der Waals surface area contributed by atoms with E-state index in [9.17, 15) is 9.59 Å². The van der Waals surface area contributed by atoms with Gasteiger partial charge in [0.2, 0.25) is 5.91 Å². The predicted octanol–water partition coefficient (Wildman–Crippen LogP) is 1.41. The monoisotopic (exact) mass is 290 g/mol. The highest BCUT2D eigenvalue weighted by atomic mass is 32.1. The first-order valence-corrected chi connectivity index (χ1v) is 6.78. The highest BCUT2D eigenvalue weighted by molar-refractivity contribution is 7.14. The van der Waals surface area contributed by atoms with Gasteiger partial charge in [0.25, 0.3) is 5.91 Å². The van der Waals surface area contributed by atoms with Crippen LogP contribution in [0.4, 0.5) is 10.8 Å². The number of rotatable bonds is 5. The molecule has 104 valence electrons. The number of aryl methyl sites for hydroxylation is 1. The summed E-state index contributed by atoms with van der Waals surface area (Å²) in [5.41, 5.74) is 7.28. The van der Waals surface area contributed by atoms with Gasteiger partial charge in [-0.3, -0.25) is 9.59 Å². The molecule has 0 aliphatic carbocycles. The van der Waals surface area contributed by atoms with E-state index in [4.69, 9.17) is 5.73 Å². The summed E-state index contributed by atoms with van der Waals surface area (Å²) in [6.45, 7) is 1.81. The van der Waals surface area contributed by atoms with Crippen molar-refractivity contribution in [3.05, 3.63) is 40.9 Å². The molecular weight excluding hydrogens is 276 g/mol. The average Bonchev–Trinajstić information content (AvgIpc) is 2.87. The summed E-state index contributed by atoms with van der Waals surface area (Å²) in [5.74, 6) is -1.01. The topological polar surface area (TPSA) is 97.1 Å². The van der Waals surface area contributed by atoms with Crippen LogP contribution in [0.15, 0.2) is 29.6 Å². The summed E-state index contributed by atoms with van der Waals surface area (Å²) < 4.78 is 0. The molecule has 0 bridgehead atoms. The SMILES string of the molecule is Cc1ccc(Nc2nc(C(=O)NCC(N)=O)cs2)cc1. The van der Waals surface area contributed by atoms with Gasteiger partial charge in [-0.15, -0.1) is 11.3 Å². The van der Waals surface area contributed by atoms with Gasteiger partial charge in [-0.05, 0) is 19.1 Å². The Hall–Kier alpha value is -2.41. The first-order valence-electron chi connectivity index (χ1n) is 5.90. The molecule has 7 heteroatoms. The molecule has 6 nitrogen and oxygen atoms in total. The van der Waals surface area contributed by atoms with Crippen molar-refractivity contribution in [3.63, 3.8) is 0 Å². The van der Waals surface area contributed by atoms with E-state index in [1.807, 2.05) is 31.2 Å². The van der Waals surface area contributed by atoms with Crippen LogP contribution in [0.25, 0.3) is 0 Å². The molecule has 0 aliphatic rings. The Labute approximate surface area is 120 Å². The fraction of sp³-hybridized carbons (Fsp3) is 0.154. The molecule has 0 spiro atoms. The van der Waals surface area contributed by atoms with Crippen molar-refractivity contribution in [2.45, 2.75) is 6.92 Å². The minimum absolute atomic E-state index is 0.197. The van der Waals surface area contributed by atoms with Crippen LogP contribution < -0.4 is 16.4 Å². The van der Waals surface area contributed by atoms with Gasteiger partial charge in [0.15, 0.2) is 5.13 Å². The highest BCUT2D eigenvalue weighted by Gasteiger charge is 2.11. The van der Waals surface area contributed by atoms with E-state index in [1.165, 1.54) is 16.9 Å². The first-order chi connectivity index (χ1) is 9.54. The van der Waals surface area contributed by atoms with Crippen LogP contribution in [0.5, 0.6) is 0 Å². The van der Waals surface area contributed by atoms with Gasteiger partial charge in [0.1, 0.15) is 5.69 Å². The lowest BCUT2D eigenvalue weighted by atomic mass is 10.2. The van der Waals surface area contributed by atoms with Crippen molar-refractivity contribution in [2.24, 2.45) is 5.73 Å². The molecule has 2 amide bonds. The Balaban J connectivity index is 1.99. The van der Waals surface area contributed by atoms with Crippen LogP contribution in [-0.4, -0.2) is 23.3 Å². The zero-order valence-electron chi connectivity index (χ0n) is 10.8. The number of primary amides is 1. The summed E-state index contributed by atoms with van der Waals surface area (Å²) in [6, 6.07) is 7.83. The van der Waals surface area contributed by atoms with E-state index in [2.05, 4.69) is 15.6 Å². The number of hydrogen-bond donors (Lipinski definition) is 3. The van der Waals surface area contributed by atoms with Gasteiger partial charge in [-0.1, -0.05) is 17.7 Å². The maximum absolute atomic E-state index is 11.7. The number of thiazole rings is 1. The lowest BCUT2D eigenvalue weighted by Crippen LogP contribution is -2.33. The molecule has 0 saturated heterocycles. The Morgan fingerprint density at radius 1 is 1.30 bits per heavy atom. The summed E-state index contributed by atoms with van der Waals surface area (Å²) in [4.78, 5) is 26.4. The molecule has 0 unspecified atom stereocenters. The maximum atomic E-state index is 11.7. The molecule has 0 aliphatic heterocycles. The second kappa shape index (κ2) is 6.16. The molecule has 1 heterocycles. The molecule has 2 aromatic rings. The number of nitrogens with two attached hydrogens (primary N) is 1. The normalized spacial score (nSPS) is 10.1. The number of hydrogen-bond acceptors (Lipinski definition) is 5. The summed E-state index contributed by atoms with van der Waals surface area (Å²) in [6.07, 6.45) is 0. The van der Waals surface area contributed by atoms with Crippen molar-refractivity contribution in [2.75, 3.05) is 11.9 Å². The Morgan fingerprint density at radius 3 is 2.65 bits per heavy atom. The van der Waals surface area contributed by atoms with Crippen molar-refractivity contribution in [1.82, 2.24) is 10.3 Å². The lowest BCUT2D eigenvalue weighted by molar-refractivity contribution is -0.117. The molecule has 0 radical (unpaired) electrons. The van der Waals surface area contributed by atoms with Crippen LogP contribution in [0.3, 0.4) is 0 Å². The van der Waals surface area contributed by atoms with E-state index in [0.29, 0.717) is 5.13 Å². The number of benzene rings is 1. The van der Waals surface area contributed by atoms with Crippen LogP contribution in [0.1, 0.15) is 16.1 Å². The third-order valence-electron chi connectivity index (χ3n) is 2.46. The molecular formula is C13H14N4O2S. The Bertz CT molecular complexity index is 622. The number of nitrogens with one attached hydrogen (secondary N) is 2. The zero-order valence-corrected chi connectivity index (χ0v) is 11.7. The van der Waals surface area contributed by atoms with Crippen molar-refractivity contribution >= 4 is 34.0 Å². The highest BCUT2D eigenvalue weighted by Crippen LogP contribution is 2.21. The number of amides is 2. The summed E-state index contributed by atoms with van der Waals surface area (Å²) in [5, 5.41) is 7.72. The minimum atomic E-state index is -0.591. The molecule has 4 N–H and O–H groups in total. The molecule has 20 heavy (non-hydrogen) atoms. The van der Waals surface area contributed by atoms with Crippen LogP contribution >= 0.6 is 11.3 Å². The molecule has 1 aromatic heterocycles. The van der Waals surface area contributed by atoms with Gasteiger partial charge in [-0.25, -0.2) is 4.98 Å². The van der Waals surface area contributed by atoms with Crippen molar-refractivity contribution in [3.8, 4) is 0 Å². The van der Waals surface area contributed by atoms with E-state index >= 15 is 0 Å². The molecule has 0 saturated carbocycles. The quantitative estimate of drug-likeness (QED) is 0.775. The summed E-state index contributed by atoms with van der Waals surface area (Å²) >= 11 is 1.31. The largest absolute Gasteiger partial charge is 0.368 e. The second-order valence-corrected chi connectivity index (χ2v) is 5.04. The van der Waals surface area contributed by atoms with E-state index in [-0.39, 0.29) is 12.2 Å².